The van der Waals surface area contributed by atoms with E-state index in [9.17, 15) is 14.9 Å². The minimum atomic E-state index is -0.634. The molecule has 0 amide bonds. The molecule has 1 aliphatic rings. The van der Waals surface area contributed by atoms with Crippen LogP contribution in [0.4, 0.5) is 5.69 Å². The summed E-state index contributed by atoms with van der Waals surface area (Å²) >= 11 is 6.68. The summed E-state index contributed by atoms with van der Waals surface area (Å²) in [5.74, 6) is 0. The zero-order chi connectivity index (χ0) is 13.3. The fourth-order valence-electron chi connectivity index (χ4n) is 2.20. The highest BCUT2D eigenvalue weighted by Gasteiger charge is 2.37. The van der Waals surface area contributed by atoms with Crippen LogP contribution in [0.15, 0.2) is 21.5 Å². The van der Waals surface area contributed by atoms with Gasteiger partial charge in [-0.15, -0.1) is 0 Å². The molecule has 0 bridgehead atoms. The molecule has 2 rings (SSSR count). The summed E-state index contributed by atoms with van der Waals surface area (Å²) in [6.07, 6.45) is 4.87. The first-order chi connectivity index (χ1) is 8.47. The molecule has 1 saturated carbocycles. The van der Waals surface area contributed by atoms with E-state index in [2.05, 4.69) is 31.9 Å². The number of halogens is 2. The average Bonchev–Trinajstić information content (AvgIpc) is 2.27. The maximum absolute atomic E-state index is 12.0. The van der Waals surface area contributed by atoms with Gasteiger partial charge in [0.15, 0.2) is 0 Å². The summed E-state index contributed by atoms with van der Waals surface area (Å²) in [4.78, 5) is 22.2. The molecule has 0 aliphatic heterocycles. The fourth-order valence-corrected chi connectivity index (χ4v) is 3.41. The second-order valence-electron chi connectivity index (χ2n) is 4.72. The SMILES string of the molecule is O=c1c([N+](=O)[O-])cc(Br)cn1CC1(CBr)CCC1. The van der Waals surface area contributed by atoms with Gasteiger partial charge < -0.3 is 4.57 Å². The fraction of sp³-hybridized carbons (Fsp3) is 0.545. The van der Waals surface area contributed by atoms with Crippen LogP contribution >= 0.6 is 31.9 Å². The number of rotatable bonds is 4. The Morgan fingerprint density at radius 2 is 2.17 bits per heavy atom. The van der Waals surface area contributed by atoms with E-state index in [0.717, 1.165) is 24.6 Å². The Morgan fingerprint density at radius 3 is 2.61 bits per heavy atom. The Bertz CT molecular complexity index is 532. The van der Waals surface area contributed by atoms with Gasteiger partial charge in [0.1, 0.15) is 0 Å². The summed E-state index contributed by atoms with van der Waals surface area (Å²) in [7, 11) is 0. The maximum Gasteiger partial charge on any atom is 0.335 e. The molecule has 1 aliphatic carbocycles. The number of alkyl halides is 1. The predicted octanol–water partition coefficient (Wildman–Crippen LogP) is 3.08. The molecule has 98 valence electrons. The lowest BCUT2D eigenvalue weighted by Crippen LogP contribution is -2.39. The topological polar surface area (TPSA) is 65.1 Å². The predicted molar refractivity (Wildman–Crippen MR) is 75.1 cm³/mol. The number of aromatic nitrogens is 1. The average molecular weight is 380 g/mol. The van der Waals surface area contributed by atoms with Crippen LogP contribution in [0.25, 0.3) is 0 Å². The van der Waals surface area contributed by atoms with E-state index in [1.807, 2.05) is 0 Å². The summed E-state index contributed by atoms with van der Waals surface area (Å²) in [5, 5.41) is 11.6. The molecule has 0 atom stereocenters. The van der Waals surface area contributed by atoms with E-state index in [1.54, 1.807) is 6.20 Å². The molecular formula is C11H12Br2N2O3. The molecule has 0 saturated heterocycles. The molecule has 7 heteroatoms. The van der Waals surface area contributed by atoms with E-state index < -0.39 is 10.5 Å². The van der Waals surface area contributed by atoms with Crippen molar-refractivity contribution in [1.29, 1.82) is 0 Å². The van der Waals surface area contributed by atoms with Crippen LogP contribution in [0, 0.1) is 15.5 Å². The van der Waals surface area contributed by atoms with Crippen molar-refractivity contribution in [2.75, 3.05) is 5.33 Å². The van der Waals surface area contributed by atoms with Crippen molar-refractivity contribution in [3.8, 4) is 0 Å². The van der Waals surface area contributed by atoms with Gasteiger partial charge in [-0.2, -0.15) is 0 Å². The third-order valence-corrected chi connectivity index (χ3v) is 5.06. The second kappa shape index (κ2) is 5.13. The molecule has 1 fully saturated rings. The smallest absolute Gasteiger partial charge is 0.308 e. The van der Waals surface area contributed by atoms with E-state index in [-0.39, 0.29) is 11.1 Å². The molecule has 1 aromatic rings. The Balaban J connectivity index is 2.39. The number of hydrogen-bond acceptors (Lipinski definition) is 3. The first-order valence-electron chi connectivity index (χ1n) is 5.58. The molecule has 0 aromatic carbocycles. The third kappa shape index (κ3) is 2.51. The van der Waals surface area contributed by atoms with E-state index >= 15 is 0 Å². The first-order valence-corrected chi connectivity index (χ1v) is 7.49. The quantitative estimate of drug-likeness (QED) is 0.458. The summed E-state index contributed by atoms with van der Waals surface area (Å²) in [5.41, 5.74) is -0.845. The van der Waals surface area contributed by atoms with Crippen LogP contribution in [0.3, 0.4) is 0 Å². The van der Waals surface area contributed by atoms with Crippen molar-refractivity contribution in [3.05, 3.63) is 37.2 Å². The van der Waals surface area contributed by atoms with Crippen LogP contribution in [0.5, 0.6) is 0 Å². The Hall–Kier alpha value is -0.690. The van der Waals surface area contributed by atoms with Crippen LogP contribution in [-0.4, -0.2) is 14.8 Å². The van der Waals surface area contributed by atoms with E-state index in [0.29, 0.717) is 11.0 Å². The van der Waals surface area contributed by atoms with Crippen molar-refractivity contribution in [2.45, 2.75) is 25.8 Å². The van der Waals surface area contributed by atoms with Gasteiger partial charge in [0.05, 0.1) is 4.92 Å². The van der Waals surface area contributed by atoms with E-state index in [1.165, 1.54) is 10.6 Å². The summed E-state index contributed by atoms with van der Waals surface area (Å²) < 4.78 is 2.00. The van der Waals surface area contributed by atoms with Gasteiger partial charge in [0, 0.05) is 28.6 Å². The molecule has 5 nitrogen and oxygen atoms in total. The van der Waals surface area contributed by atoms with Crippen molar-refractivity contribution in [3.63, 3.8) is 0 Å². The minimum Gasteiger partial charge on any atom is -0.308 e. The van der Waals surface area contributed by atoms with E-state index in [4.69, 9.17) is 0 Å². The largest absolute Gasteiger partial charge is 0.335 e. The zero-order valence-corrected chi connectivity index (χ0v) is 12.7. The number of hydrogen-bond donors (Lipinski definition) is 0. The van der Waals surface area contributed by atoms with Gasteiger partial charge >= 0.3 is 11.2 Å². The highest BCUT2D eigenvalue weighted by molar-refractivity contribution is 9.10. The Morgan fingerprint density at radius 1 is 1.50 bits per heavy atom. The lowest BCUT2D eigenvalue weighted by molar-refractivity contribution is -0.386. The van der Waals surface area contributed by atoms with Gasteiger partial charge in [0.25, 0.3) is 0 Å². The minimum absolute atomic E-state index is 0.0679. The lowest BCUT2D eigenvalue weighted by Gasteiger charge is -2.40. The summed E-state index contributed by atoms with van der Waals surface area (Å²) in [6.45, 7) is 0.525. The van der Waals surface area contributed by atoms with Crippen molar-refractivity contribution in [1.82, 2.24) is 4.57 Å². The van der Waals surface area contributed by atoms with Crippen molar-refractivity contribution >= 4 is 37.5 Å². The molecule has 0 unspecified atom stereocenters. The highest BCUT2D eigenvalue weighted by atomic mass is 79.9. The van der Waals surface area contributed by atoms with Crippen LogP contribution in [0.1, 0.15) is 19.3 Å². The molecule has 0 N–H and O–H groups in total. The third-order valence-electron chi connectivity index (χ3n) is 3.43. The second-order valence-corrected chi connectivity index (χ2v) is 6.20. The van der Waals surface area contributed by atoms with Crippen LogP contribution < -0.4 is 5.56 Å². The van der Waals surface area contributed by atoms with Gasteiger partial charge in [-0.05, 0) is 34.2 Å². The monoisotopic (exact) mass is 378 g/mol. The normalized spacial score (nSPS) is 17.2. The zero-order valence-electron chi connectivity index (χ0n) is 9.57. The lowest BCUT2D eigenvalue weighted by atomic mass is 9.70. The first kappa shape index (κ1) is 13.7. The number of nitrogens with zero attached hydrogens (tertiary/aromatic N) is 2. The Kier molecular flexibility index (Phi) is 3.91. The van der Waals surface area contributed by atoms with Gasteiger partial charge in [-0.1, -0.05) is 22.4 Å². The Labute approximate surface area is 121 Å². The molecule has 0 spiro atoms. The molecular weight excluding hydrogens is 368 g/mol. The van der Waals surface area contributed by atoms with Gasteiger partial charge in [-0.3, -0.25) is 14.9 Å². The van der Waals surface area contributed by atoms with Gasteiger partial charge in [-0.25, -0.2) is 0 Å². The van der Waals surface area contributed by atoms with Crippen molar-refractivity contribution in [2.24, 2.45) is 5.41 Å². The molecule has 1 aromatic heterocycles. The molecule has 18 heavy (non-hydrogen) atoms. The maximum atomic E-state index is 12.0. The van der Waals surface area contributed by atoms with Crippen molar-refractivity contribution < 1.29 is 4.92 Å². The van der Waals surface area contributed by atoms with Crippen LogP contribution in [0.2, 0.25) is 0 Å². The molecule has 0 radical (unpaired) electrons. The summed E-state index contributed by atoms with van der Waals surface area (Å²) in [6, 6.07) is 1.25. The molecule has 1 heterocycles. The van der Waals surface area contributed by atoms with Gasteiger partial charge in [0.2, 0.25) is 0 Å². The highest BCUT2D eigenvalue weighted by Crippen LogP contribution is 2.43. The van der Waals surface area contributed by atoms with Crippen LogP contribution in [-0.2, 0) is 6.54 Å². The number of nitro groups is 1. The number of pyridine rings is 1. The standard InChI is InChI=1S/C11H12Br2N2O3/c12-6-11(2-1-3-11)7-14-5-8(13)4-9(10(14)16)15(17)18/h4-5H,1-3,6-7H2.